The molecule has 1 unspecified atom stereocenters. The average Bonchev–Trinajstić information content (AvgIpc) is 2.80. The van der Waals surface area contributed by atoms with Gasteiger partial charge in [0.05, 0.1) is 16.8 Å². The van der Waals surface area contributed by atoms with Crippen molar-refractivity contribution in [2.24, 2.45) is 0 Å². The van der Waals surface area contributed by atoms with E-state index in [2.05, 4.69) is 15.0 Å². The maximum absolute atomic E-state index is 14.7. The Morgan fingerprint density at radius 3 is 2.60 bits per heavy atom. The number of aromatic nitrogens is 4. The van der Waals surface area contributed by atoms with Gasteiger partial charge in [-0.15, -0.1) is 11.8 Å². The van der Waals surface area contributed by atoms with Crippen molar-refractivity contribution in [3.8, 4) is 5.69 Å². The number of fused-ring (bicyclic) bond motifs is 1. The number of pyridine rings is 2. The normalized spacial score (nSPS) is 18.5. The Morgan fingerprint density at radius 1 is 1.26 bits per heavy atom. The summed E-state index contributed by atoms with van der Waals surface area (Å²) in [7, 11) is 0. The molecule has 1 saturated heterocycles. The van der Waals surface area contributed by atoms with Crippen molar-refractivity contribution in [1.29, 1.82) is 0 Å². The SMILES string of the molecule is CSc1ccnc(C(C)C)c1-n1c(=O)nc(N2C[C@H](C)N(C(=O)O)CC2C)c2cc(F)c(Cl)nc21. The molecule has 0 saturated carbocycles. The highest BCUT2D eigenvalue weighted by Gasteiger charge is 2.34. The summed E-state index contributed by atoms with van der Waals surface area (Å²) in [6.07, 6.45) is 2.56. The molecule has 35 heavy (non-hydrogen) atoms. The molecule has 1 fully saturated rings. The van der Waals surface area contributed by atoms with E-state index in [0.717, 1.165) is 4.90 Å². The predicted octanol–water partition coefficient (Wildman–Crippen LogP) is 4.39. The van der Waals surface area contributed by atoms with Crippen LogP contribution in [0, 0.1) is 5.82 Å². The lowest BCUT2D eigenvalue weighted by Crippen LogP contribution is -2.58. The van der Waals surface area contributed by atoms with Crippen LogP contribution in [0.15, 0.2) is 28.0 Å². The molecular weight excluding hydrogens is 495 g/mol. The van der Waals surface area contributed by atoms with Crippen LogP contribution in [0.4, 0.5) is 15.0 Å². The summed E-state index contributed by atoms with van der Waals surface area (Å²) in [4.78, 5) is 42.3. The molecule has 1 N–H and O–H groups in total. The first kappa shape index (κ1) is 25.2. The lowest BCUT2D eigenvalue weighted by atomic mass is 10.1. The molecule has 0 aromatic carbocycles. The molecular formula is C23H26ClFN6O3S. The Hall–Kier alpha value is -2.92. The van der Waals surface area contributed by atoms with E-state index < -0.39 is 17.6 Å². The molecule has 0 spiro atoms. The zero-order chi connectivity index (χ0) is 25.6. The summed E-state index contributed by atoms with van der Waals surface area (Å²) in [5.41, 5.74) is 0.774. The average molecular weight is 521 g/mol. The zero-order valence-corrected chi connectivity index (χ0v) is 21.6. The van der Waals surface area contributed by atoms with Crippen LogP contribution in [-0.2, 0) is 0 Å². The van der Waals surface area contributed by atoms with Crippen molar-refractivity contribution in [2.75, 3.05) is 24.2 Å². The van der Waals surface area contributed by atoms with Gasteiger partial charge in [-0.05, 0) is 38.2 Å². The number of nitrogens with zero attached hydrogens (tertiary/aromatic N) is 6. The van der Waals surface area contributed by atoms with Crippen molar-refractivity contribution < 1.29 is 14.3 Å². The number of halogens is 2. The number of amides is 1. The minimum Gasteiger partial charge on any atom is -0.465 e. The molecule has 0 radical (unpaired) electrons. The summed E-state index contributed by atoms with van der Waals surface area (Å²) in [5.74, 6) is -0.508. The standard InChI is InChI=1S/C23H26ClFN6O3S/c1-11(2)17-18(16(35-5)6-7-26-17)31-21-14(8-15(25)19(24)27-21)20(28-22(31)32)29-9-13(4)30(23(33)34)10-12(29)3/h6-8,11-13H,9-10H2,1-5H3,(H,33,34)/t12?,13-/m0/s1. The smallest absolute Gasteiger partial charge is 0.407 e. The van der Waals surface area contributed by atoms with Crippen molar-refractivity contribution in [1.82, 2.24) is 24.4 Å². The number of piperazine rings is 1. The second-order valence-electron chi connectivity index (χ2n) is 8.87. The van der Waals surface area contributed by atoms with E-state index in [9.17, 15) is 19.1 Å². The second kappa shape index (κ2) is 9.62. The number of carbonyl (C=O) groups is 1. The van der Waals surface area contributed by atoms with Gasteiger partial charge in [-0.1, -0.05) is 25.4 Å². The van der Waals surface area contributed by atoms with Gasteiger partial charge in [0.25, 0.3) is 0 Å². The molecule has 3 aromatic rings. The highest BCUT2D eigenvalue weighted by molar-refractivity contribution is 7.98. The molecule has 186 valence electrons. The Morgan fingerprint density at radius 2 is 1.97 bits per heavy atom. The maximum Gasteiger partial charge on any atom is 0.407 e. The fourth-order valence-electron chi connectivity index (χ4n) is 4.46. The predicted molar refractivity (Wildman–Crippen MR) is 135 cm³/mol. The second-order valence-corrected chi connectivity index (χ2v) is 10.1. The number of hydrogen-bond acceptors (Lipinski definition) is 7. The molecule has 3 aromatic heterocycles. The summed E-state index contributed by atoms with van der Waals surface area (Å²) in [6, 6.07) is 2.37. The van der Waals surface area contributed by atoms with E-state index in [-0.39, 0.29) is 47.7 Å². The summed E-state index contributed by atoms with van der Waals surface area (Å²) in [5, 5.41) is 9.45. The number of hydrogen-bond donors (Lipinski definition) is 1. The first-order valence-electron chi connectivity index (χ1n) is 11.1. The van der Waals surface area contributed by atoms with Crippen LogP contribution in [0.2, 0.25) is 5.15 Å². The van der Waals surface area contributed by atoms with Gasteiger partial charge in [0, 0.05) is 36.3 Å². The zero-order valence-electron chi connectivity index (χ0n) is 20.0. The molecule has 0 bridgehead atoms. The van der Waals surface area contributed by atoms with Crippen LogP contribution in [0.25, 0.3) is 16.7 Å². The summed E-state index contributed by atoms with van der Waals surface area (Å²) >= 11 is 7.54. The van der Waals surface area contributed by atoms with Crippen LogP contribution in [0.5, 0.6) is 0 Å². The van der Waals surface area contributed by atoms with Crippen LogP contribution in [-0.4, -0.2) is 67.0 Å². The van der Waals surface area contributed by atoms with Gasteiger partial charge in [-0.2, -0.15) is 4.98 Å². The Labute approximate surface area is 210 Å². The number of carboxylic acid groups (broad SMARTS) is 1. The monoisotopic (exact) mass is 520 g/mol. The minimum absolute atomic E-state index is 0.0142. The fraction of sp³-hybridized carbons (Fsp3) is 0.435. The number of rotatable bonds is 4. The molecule has 9 nitrogen and oxygen atoms in total. The van der Waals surface area contributed by atoms with Gasteiger partial charge < -0.3 is 14.9 Å². The van der Waals surface area contributed by atoms with E-state index >= 15 is 0 Å². The maximum atomic E-state index is 14.7. The first-order valence-corrected chi connectivity index (χ1v) is 12.7. The van der Waals surface area contributed by atoms with E-state index in [1.807, 2.05) is 31.9 Å². The molecule has 1 aliphatic rings. The van der Waals surface area contributed by atoms with Gasteiger partial charge in [0.2, 0.25) is 0 Å². The molecule has 1 amide bonds. The summed E-state index contributed by atoms with van der Waals surface area (Å²) in [6.45, 7) is 8.05. The molecule has 12 heteroatoms. The molecule has 0 aliphatic carbocycles. The first-order chi connectivity index (χ1) is 16.5. The third kappa shape index (κ3) is 4.42. The number of thioether (sulfide) groups is 1. The highest BCUT2D eigenvalue weighted by Crippen LogP contribution is 2.34. The van der Waals surface area contributed by atoms with Gasteiger partial charge >= 0.3 is 11.8 Å². The van der Waals surface area contributed by atoms with Crippen LogP contribution in [0.1, 0.15) is 39.3 Å². The van der Waals surface area contributed by atoms with Crippen LogP contribution < -0.4 is 10.6 Å². The van der Waals surface area contributed by atoms with Crippen molar-refractivity contribution in [3.63, 3.8) is 0 Å². The Bertz CT molecular complexity index is 1370. The topological polar surface area (TPSA) is 104 Å². The highest BCUT2D eigenvalue weighted by atomic mass is 35.5. The lowest BCUT2D eigenvalue weighted by Gasteiger charge is -2.43. The quantitative estimate of drug-likeness (QED) is 0.399. The van der Waals surface area contributed by atoms with Crippen molar-refractivity contribution in [3.05, 3.63) is 45.5 Å². The third-order valence-electron chi connectivity index (χ3n) is 6.17. The Balaban J connectivity index is 2.02. The fourth-order valence-corrected chi connectivity index (χ4v) is 5.18. The van der Waals surface area contributed by atoms with Crippen LogP contribution in [0.3, 0.4) is 0 Å². The summed E-state index contributed by atoms with van der Waals surface area (Å²) < 4.78 is 16.0. The van der Waals surface area contributed by atoms with E-state index in [1.54, 1.807) is 19.2 Å². The van der Waals surface area contributed by atoms with Crippen molar-refractivity contribution >= 4 is 46.3 Å². The third-order valence-corrected chi connectivity index (χ3v) is 7.20. The van der Waals surface area contributed by atoms with E-state index in [1.165, 1.54) is 27.3 Å². The van der Waals surface area contributed by atoms with Gasteiger partial charge in [-0.3, -0.25) is 4.98 Å². The minimum atomic E-state index is -1.01. The number of anilines is 1. The van der Waals surface area contributed by atoms with Gasteiger partial charge in [-0.25, -0.2) is 23.5 Å². The van der Waals surface area contributed by atoms with Gasteiger partial charge in [0.15, 0.2) is 16.6 Å². The molecule has 4 heterocycles. The molecule has 4 rings (SSSR count). The van der Waals surface area contributed by atoms with E-state index in [4.69, 9.17) is 11.6 Å². The Kier molecular flexibility index (Phi) is 6.92. The van der Waals surface area contributed by atoms with Crippen molar-refractivity contribution in [2.45, 2.75) is 50.6 Å². The lowest BCUT2D eigenvalue weighted by molar-refractivity contribution is 0.114. The van der Waals surface area contributed by atoms with E-state index in [0.29, 0.717) is 16.8 Å². The molecule has 2 atom stereocenters. The largest absolute Gasteiger partial charge is 0.465 e. The van der Waals surface area contributed by atoms with Gasteiger partial charge in [0.1, 0.15) is 5.82 Å². The van der Waals surface area contributed by atoms with Crippen LogP contribution >= 0.6 is 23.4 Å². The molecule has 1 aliphatic heterocycles.